The van der Waals surface area contributed by atoms with Gasteiger partial charge in [0.2, 0.25) is 9.84 Å². The summed E-state index contributed by atoms with van der Waals surface area (Å²) in [5.74, 6) is -2.58. The first-order chi connectivity index (χ1) is 15.6. The molecule has 0 aromatic heterocycles. The predicted octanol–water partition coefficient (Wildman–Crippen LogP) is 4.26. The number of hydrogen-bond donors (Lipinski definition) is 3. The van der Waals surface area contributed by atoms with Gasteiger partial charge in [-0.2, -0.15) is 0 Å². The number of carboxylic acid groups (broad SMARTS) is 1. The van der Waals surface area contributed by atoms with E-state index in [0.29, 0.717) is 29.6 Å². The van der Waals surface area contributed by atoms with Gasteiger partial charge in [0.15, 0.2) is 0 Å². The highest BCUT2D eigenvalue weighted by Gasteiger charge is 2.21. The summed E-state index contributed by atoms with van der Waals surface area (Å²) in [7, 11) is -4.00. The lowest BCUT2D eigenvalue weighted by molar-refractivity contribution is 0.0691. The number of aliphatic hydroxyl groups excluding tert-OH is 1. The molecule has 0 bridgehead atoms. The minimum absolute atomic E-state index is 0.000972. The summed E-state index contributed by atoms with van der Waals surface area (Å²) < 4.78 is 39.5. The molecule has 0 aliphatic rings. The Hall–Kier alpha value is -2.78. The van der Waals surface area contributed by atoms with Crippen LogP contribution in [0.5, 0.6) is 0 Å². The lowest BCUT2D eigenvalue weighted by Crippen LogP contribution is -2.32. The highest BCUT2D eigenvalue weighted by atomic mass is 35.5. The Labute approximate surface area is 196 Å². The van der Waals surface area contributed by atoms with Crippen LogP contribution in [-0.2, 0) is 16.3 Å². The Balaban J connectivity index is 1.63. The maximum atomic E-state index is 13.9. The topological polar surface area (TPSA) is 104 Å². The number of carboxylic acids is 1. The second kappa shape index (κ2) is 10.4. The van der Waals surface area contributed by atoms with E-state index in [0.717, 1.165) is 17.7 Å². The molecule has 2 atom stereocenters. The molecule has 0 saturated heterocycles. The Morgan fingerprint density at radius 1 is 1.06 bits per heavy atom. The average molecular weight is 492 g/mol. The monoisotopic (exact) mass is 491 g/mol. The highest BCUT2D eigenvalue weighted by Crippen LogP contribution is 2.24. The van der Waals surface area contributed by atoms with Gasteiger partial charge >= 0.3 is 5.97 Å². The van der Waals surface area contributed by atoms with Crippen LogP contribution in [0.25, 0.3) is 0 Å². The molecule has 0 saturated carbocycles. The van der Waals surface area contributed by atoms with Gasteiger partial charge < -0.3 is 15.5 Å². The average Bonchev–Trinajstić information content (AvgIpc) is 2.77. The van der Waals surface area contributed by atoms with Gasteiger partial charge in [0, 0.05) is 17.6 Å². The number of hydrogen-bond acceptors (Lipinski definition) is 5. The lowest BCUT2D eigenvalue weighted by Gasteiger charge is -2.18. The molecule has 3 aromatic rings. The molecule has 0 aliphatic heterocycles. The molecule has 6 nitrogen and oxygen atoms in total. The fourth-order valence-electron chi connectivity index (χ4n) is 3.35. The maximum Gasteiger partial charge on any atom is 0.338 e. The van der Waals surface area contributed by atoms with Crippen molar-refractivity contribution in [3.8, 4) is 0 Å². The van der Waals surface area contributed by atoms with Crippen molar-refractivity contribution >= 4 is 27.4 Å². The number of benzene rings is 3. The molecule has 3 N–H and O–H groups in total. The van der Waals surface area contributed by atoms with Crippen molar-refractivity contribution in [3.05, 3.63) is 94.3 Å². The summed E-state index contributed by atoms with van der Waals surface area (Å²) in [6, 6.07) is 15.9. The number of carbonyl (C=O) groups is 1. The largest absolute Gasteiger partial charge is 0.478 e. The molecule has 0 radical (unpaired) electrons. The Kier molecular flexibility index (Phi) is 7.86. The first-order valence-corrected chi connectivity index (χ1v) is 12.0. The number of aliphatic hydroxyl groups is 1. The van der Waals surface area contributed by atoms with Gasteiger partial charge in [-0.3, -0.25) is 0 Å². The summed E-state index contributed by atoms with van der Waals surface area (Å²) in [6.07, 6.45) is -0.128. The van der Waals surface area contributed by atoms with E-state index in [-0.39, 0.29) is 15.8 Å². The third-order valence-electron chi connectivity index (χ3n) is 5.15. The summed E-state index contributed by atoms with van der Waals surface area (Å²) in [5, 5.41) is 23.0. The van der Waals surface area contributed by atoms with Crippen LogP contribution in [0.15, 0.2) is 76.5 Å². The molecule has 174 valence electrons. The minimum atomic E-state index is -4.00. The zero-order valence-electron chi connectivity index (χ0n) is 17.7. The minimum Gasteiger partial charge on any atom is -0.478 e. The molecule has 0 aliphatic carbocycles. The number of aromatic carboxylic acids is 1. The first-order valence-electron chi connectivity index (χ1n) is 10.1. The first kappa shape index (κ1) is 24.9. The van der Waals surface area contributed by atoms with Crippen molar-refractivity contribution in [2.24, 2.45) is 0 Å². The van der Waals surface area contributed by atoms with Crippen LogP contribution in [0.4, 0.5) is 4.39 Å². The SMILES string of the molecule is C[C@H](Cc1ccc(S(=O)(=O)c2ccc(C(=O)O)c(F)c2)cc1)NC[C@H](O)c1cccc(Cl)c1. The van der Waals surface area contributed by atoms with Crippen molar-refractivity contribution in [1.29, 1.82) is 0 Å². The third kappa shape index (κ3) is 6.17. The van der Waals surface area contributed by atoms with E-state index in [2.05, 4.69) is 5.32 Å². The van der Waals surface area contributed by atoms with E-state index >= 15 is 0 Å². The van der Waals surface area contributed by atoms with Gasteiger partial charge in [-0.1, -0.05) is 35.9 Å². The molecule has 0 heterocycles. The van der Waals surface area contributed by atoms with Crippen molar-refractivity contribution in [2.45, 2.75) is 35.3 Å². The van der Waals surface area contributed by atoms with Gasteiger partial charge in [0.05, 0.1) is 21.5 Å². The summed E-state index contributed by atoms with van der Waals surface area (Å²) in [6.45, 7) is 2.27. The summed E-state index contributed by atoms with van der Waals surface area (Å²) in [5.41, 5.74) is 0.995. The molecule has 3 rings (SSSR count). The van der Waals surface area contributed by atoms with Crippen LogP contribution in [-0.4, -0.2) is 37.2 Å². The van der Waals surface area contributed by atoms with Crippen molar-refractivity contribution in [2.75, 3.05) is 6.54 Å². The fraction of sp³-hybridized carbons (Fsp3) is 0.208. The van der Waals surface area contributed by atoms with Crippen LogP contribution in [0.3, 0.4) is 0 Å². The quantitative estimate of drug-likeness (QED) is 0.413. The van der Waals surface area contributed by atoms with Crippen molar-refractivity contribution in [1.82, 2.24) is 5.32 Å². The molecule has 0 spiro atoms. The predicted molar refractivity (Wildman–Crippen MR) is 123 cm³/mol. The zero-order valence-corrected chi connectivity index (χ0v) is 19.3. The number of halogens is 2. The van der Waals surface area contributed by atoms with Crippen LogP contribution in [0, 0.1) is 5.82 Å². The van der Waals surface area contributed by atoms with E-state index in [1.54, 1.807) is 36.4 Å². The van der Waals surface area contributed by atoms with Gasteiger partial charge in [0.1, 0.15) is 5.82 Å². The second-order valence-corrected chi connectivity index (χ2v) is 10.1. The zero-order chi connectivity index (χ0) is 24.2. The molecule has 0 fully saturated rings. The number of rotatable bonds is 9. The maximum absolute atomic E-state index is 13.9. The molecular formula is C24H23ClFNO5S. The molecule has 9 heteroatoms. The number of nitrogens with one attached hydrogen (secondary N) is 1. The Morgan fingerprint density at radius 3 is 2.33 bits per heavy atom. The standard InChI is InChI=1S/C24H23ClFNO5S/c1-15(27-14-23(28)17-3-2-4-18(25)12-17)11-16-5-7-19(8-6-16)33(31,32)20-9-10-21(24(29)30)22(26)13-20/h2-10,12-13,15,23,27-28H,11,14H2,1H3,(H,29,30)/t15-,23+/m1/s1. The van der Waals surface area contributed by atoms with Gasteiger partial charge in [-0.15, -0.1) is 0 Å². The third-order valence-corrected chi connectivity index (χ3v) is 7.15. The molecule has 3 aromatic carbocycles. The smallest absolute Gasteiger partial charge is 0.338 e. The lowest BCUT2D eigenvalue weighted by atomic mass is 10.1. The van der Waals surface area contributed by atoms with Gasteiger partial charge in [-0.25, -0.2) is 17.6 Å². The van der Waals surface area contributed by atoms with Gasteiger partial charge in [-0.05, 0) is 66.9 Å². The second-order valence-electron chi connectivity index (χ2n) is 7.68. The molecular weight excluding hydrogens is 469 g/mol. The fourth-order valence-corrected chi connectivity index (χ4v) is 4.82. The normalized spacial score (nSPS) is 13.5. The Morgan fingerprint density at radius 2 is 1.73 bits per heavy atom. The molecule has 0 amide bonds. The molecule has 33 heavy (non-hydrogen) atoms. The van der Waals surface area contributed by atoms with E-state index < -0.39 is 33.3 Å². The van der Waals surface area contributed by atoms with Crippen LogP contribution < -0.4 is 5.32 Å². The summed E-state index contributed by atoms with van der Waals surface area (Å²) >= 11 is 5.95. The van der Waals surface area contributed by atoms with Crippen molar-refractivity contribution in [3.63, 3.8) is 0 Å². The van der Waals surface area contributed by atoms with Crippen LogP contribution in [0.1, 0.15) is 34.5 Å². The van der Waals surface area contributed by atoms with E-state index in [1.165, 1.54) is 12.1 Å². The van der Waals surface area contributed by atoms with Gasteiger partial charge in [0.25, 0.3) is 0 Å². The highest BCUT2D eigenvalue weighted by molar-refractivity contribution is 7.91. The Bertz CT molecular complexity index is 1250. The summed E-state index contributed by atoms with van der Waals surface area (Å²) in [4.78, 5) is 10.6. The van der Waals surface area contributed by atoms with E-state index in [9.17, 15) is 22.7 Å². The van der Waals surface area contributed by atoms with E-state index in [1.807, 2.05) is 6.92 Å². The van der Waals surface area contributed by atoms with Crippen LogP contribution >= 0.6 is 11.6 Å². The van der Waals surface area contributed by atoms with Crippen LogP contribution in [0.2, 0.25) is 5.02 Å². The molecule has 0 unspecified atom stereocenters. The number of sulfone groups is 1. The van der Waals surface area contributed by atoms with Crippen molar-refractivity contribution < 1.29 is 27.8 Å². The van der Waals surface area contributed by atoms with E-state index in [4.69, 9.17) is 16.7 Å².